The van der Waals surface area contributed by atoms with Crippen LogP contribution in [-0.2, 0) is 9.31 Å². The summed E-state index contributed by atoms with van der Waals surface area (Å²) in [4.78, 5) is 0. The molecule has 0 saturated carbocycles. The van der Waals surface area contributed by atoms with E-state index in [4.69, 9.17) is 9.31 Å². The molecule has 0 radical (unpaired) electrons. The van der Waals surface area contributed by atoms with Crippen molar-refractivity contribution >= 4 is 7.12 Å². The van der Waals surface area contributed by atoms with E-state index in [-0.39, 0.29) is 18.3 Å². The van der Waals surface area contributed by atoms with Gasteiger partial charge in [-0.1, -0.05) is 51.0 Å². The second kappa shape index (κ2) is 7.33. The molecule has 0 atom stereocenters. The Hall–Kier alpha value is -0.275. The lowest BCUT2D eigenvalue weighted by Gasteiger charge is -2.32. The second-order valence-corrected chi connectivity index (χ2v) is 7.73. The Bertz CT molecular complexity index is 344. The van der Waals surface area contributed by atoms with E-state index in [1.807, 2.05) is 0 Å². The van der Waals surface area contributed by atoms with Crippen LogP contribution < -0.4 is 0 Å². The minimum atomic E-state index is -0.220. The summed E-state index contributed by atoms with van der Waals surface area (Å²) in [7, 11) is -0.127. The standard InChI is InChI=1S/C18H33BO2/c1-17(2)18(3,4)21-19(20-17)16-14-12-10-8-6-5-7-9-11-13-15-16/h14H,5-13,15H2,1-4H3. The molecule has 1 aliphatic heterocycles. The molecule has 0 bridgehead atoms. The highest BCUT2D eigenvalue weighted by atomic mass is 16.7. The third-order valence-electron chi connectivity index (χ3n) is 5.38. The topological polar surface area (TPSA) is 18.5 Å². The van der Waals surface area contributed by atoms with Crippen molar-refractivity contribution in [3.63, 3.8) is 0 Å². The normalized spacial score (nSPS) is 27.6. The maximum absolute atomic E-state index is 6.24. The average Bonchev–Trinajstić information content (AvgIpc) is 2.59. The summed E-state index contributed by atoms with van der Waals surface area (Å²) in [6.07, 6.45) is 15.6. The molecule has 0 aromatic carbocycles. The van der Waals surface area contributed by atoms with Gasteiger partial charge in [-0.15, -0.1) is 0 Å². The van der Waals surface area contributed by atoms with Gasteiger partial charge in [0.2, 0.25) is 0 Å². The van der Waals surface area contributed by atoms with Gasteiger partial charge in [0.25, 0.3) is 0 Å². The summed E-state index contributed by atoms with van der Waals surface area (Å²) in [5, 5.41) is 0. The van der Waals surface area contributed by atoms with E-state index in [2.05, 4.69) is 33.8 Å². The van der Waals surface area contributed by atoms with Gasteiger partial charge in [-0.25, -0.2) is 0 Å². The maximum Gasteiger partial charge on any atom is 0.490 e. The lowest BCUT2D eigenvalue weighted by Crippen LogP contribution is -2.41. The Morgan fingerprint density at radius 1 is 0.762 bits per heavy atom. The Morgan fingerprint density at radius 2 is 1.24 bits per heavy atom. The van der Waals surface area contributed by atoms with Crippen LogP contribution in [0, 0.1) is 0 Å². The van der Waals surface area contributed by atoms with Crippen molar-refractivity contribution in [2.75, 3.05) is 0 Å². The molecular weight excluding hydrogens is 259 g/mol. The highest BCUT2D eigenvalue weighted by molar-refractivity contribution is 6.54. The third kappa shape index (κ3) is 4.59. The van der Waals surface area contributed by atoms with Crippen LogP contribution >= 0.6 is 0 Å². The highest BCUT2D eigenvalue weighted by Gasteiger charge is 2.52. The molecule has 120 valence electrons. The smallest absolute Gasteiger partial charge is 0.400 e. The van der Waals surface area contributed by atoms with E-state index in [0.717, 1.165) is 6.42 Å². The zero-order valence-electron chi connectivity index (χ0n) is 14.5. The summed E-state index contributed by atoms with van der Waals surface area (Å²) < 4.78 is 12.5. The minimum Gasteiger partial charge on any atom is -0.400 e. The van der Waals surface area contributed by atoms with Crippen molar-refractivity contribution in [1.29, 1.82) is 0 Å². The Kier molecular flexibility index (Phi) is 5.96. The monoisotopic (exact) mass is 292 g/mol. The fourth-order valence-corrected chi connectivity index (χ4v) is 3.13. The predicted molar refractivity (Wildman–Crippen MR) is 90.3 cm³/mol. The Morgan fingerprint density at radius 3 is 1.81 bits per heavy atom. The average molecular weight is 292 g/mol. The molecule has 0 N–H and O–H groups in total. The fourth-order valence-electron chi connectivity index (χ4n) is 3.13. The molecule has 1 saturated heterocycles. The second-order valence-electron chi connectivity index (χ2n) is 7.73. The SMILES string of the molecule is CC1(C)OB(C2=CCCCCCCCCCC2)OC1(C)C. The van der Waals surface area contributed by atoms with Crippen LogP contribution in [0.15, 0.2) is 11.5 Å². The van der Waals surface area contributed by atoms with Gasteiger partial charge in [-0.05, 0) is 52.4 Å². The first-order valence-corrected chi connectivity index (χ1v) is 8.97. The number of hydrogen-bond donors (Lipinski definition) is 0. The fraction of sp³-hybridized carbons (Fsp3) is 0.889. The van der Waals surface area contributed by atoms with Crippen molar-refractivity contribution in [3.05, 3.63) is 11.5 Å². The largest absolute Gasteiger partial charge is 0.490 e. The lowest BCUT2D eigenvalue weighted by molar-refractivity contribution is 0.00578. The van der Waals surface area contributed by atoms with Gasteiger partial charge in [0.1, 0.15) is 0 Å². The summed E-state index contributed by atoms with van der Waals surface area (Å²) in [6, 6.07) is 0. The molecule has 1 heterocycles. The van der Waals surface area contributed by atoms with E-state index in [1.54, 1.807) is 0 Å². The summed E-state index contributed by atoms with van der Waals surface area (Å²) in [5.74, 6) is 0. The van der Waals surface area contributed by atoms with Crippen molar-refractivity contribution in [3.8, 4) is 0 Å². The van der Waals surface area contributed by atoms with Crippen LogP contribution in [-0.4, -0.2) is 18.3 Å². The van der Waals surface area contributed by atoms with Crippen LogP contribution in [0.4, 0.5) is 0 Å². The molecular formula is C18H33BO2. The molecule has 0 spiro atoms. The quantitative estimate of drug-likeness (QED) is 0.597. The molecule has 0 amide bonds. The van der Waals surface area contributed by atoms with Crippen molar-refractivity contribution in [2.24, 2.45) is 0 Å². The summed E-state index contributed by atoms with van der Waals surface area (Å²) in [6.45, 7) is 8.57. The van der Waals surface area contributed by atoms with Crippen LogP contribution in [0.1, 0.15) is 91.9 Å². The van der Waals surface area contributed by atoms with E-state index < -0.39 is 0 Å². The number of rotatable bonds is 1. The number of hydrogen-bond acceptors (Lipinski definition) is 2. The predicted octanol–water partition coefficient (Wildman–Crippen LogP) is 5.46. The maximum atomic E-state index is 6.24. The van der Waals surface area contributed by atoms with Crippen LogP contribution in [0.5, 0.6) is 0 Å². The van der Waals surface area contributed by atoms with Crippen LogP contribution in [0.2, 0.25) is 0 Å². The van der Waals surface area contributed by atoms with Crippen LogP contribution in [0.3, 0.4) is 0 Å². The number of allylic oxidation sites excluding steroid dienone is 2. The minimum absolute atomic E-state index is 0.127. The van der Waals surface area contributed by atoms with E-state index in [9.17, 15) is 0 Å². The molecule has 0 aromatic heterocycles. The van der Waals surface area contributed by atoms with Crippen molar-refractivity contribution in [1.82, 2.24) is 0 Å². The third-order valence-corrected chi connectivity index (χ3v) is 5.38. The van der Waals surface area contributed by atoms with Crippen molar-refractivity contribution in [2.45, 2.75) is 103 Å². The van der Waals surface area contributed by atoms with Gasteiger partial charge in [-0.2, -0.15) is 0 Å². The molecule has 1 aliphatic carbocycles. The Balaban J connectivity index is 2.00. The molecule has 2 aliphatic rings. The van der Waals surface area contributed by atoms with Gasteiger partial charge in [0.05, 0.1) is 11.2 Å². The summed E-state index contributed by atoms with van der Waals surface area (Å²) in [5.41, 5.74) is 0.943. The first-order chi connectivity index (χ1) is 9.92. The zero-order chi connectivity index (χ0) is 15.3. The van der Waals surface area contributed by atoms with Gasteiger partial charge in [-0.3, -0.25) is 0 Å². The zero-order valence-corrected chi connectivity index (χ0v) is 14.5. The van der Waals surface area contributed by atoms with Gasteiger partial charge >= 0.3 is 7.12 Å². The molecule has 0 aromatic rings. The summed E-state index contributed by atoms with van der Waals surface area (Å²) >= 11 is 0. The molecule has 2 nitrogen and oxygen atoms in total. The first kappa shape index (κ1) is 17.1. The molecule has 1 fully saturated rings. The van der Waals surface area contributed by atoms with E-state index >= 15 is 0 Å². The van der Waals surface area contributed by atoms with E-state index in [0.29, 0.717) is 0 Å². The highest BCUT2D eigenvalue weighted by Crippen LogP contribution is 2.39. The van der Waals surface area contributed by atoms with Gasteiger partial charge in [0, 0.05) is 0 Å². The van der Waals surface area contributed by atoms with Gasteiger partial charge in [0.15, 0.2) is 0 Å². The molecule has 0 unspecified atom stereocenters. The molecule has 3 heteroatoms. The van der Waals surface area contributed by atoms with Gasteiger partial charge < -0.3 is 9.31 Å². The molecule has 21 heavy (non-hydrogen) atoms. The van der Waals surface area contributed by atoms with E-state index in [1.165, 1.54) is 63.3 Å². The first-order valence-electron chi connectivity index (χ1n) is 8.97. The lowest BCUT2D eigenvalue weighted by atomic mass is 9.74. The Labute approximate surface area is 131 Å². The van der Waals surface area contributed by atoms with Crippen LogP contribution in [0.25, 0.3) is 0 Å². The molecule has 2 rings (SSSR count). The van der Waals surface area contributed by atoms with Crippen molar-refractivity contribution < 1.29 is 9.31 Å².